The van der Waals surface area contributed by atoms with Crippen LogP contribution in [0, 0.1) is 5.92 Å². The van der Waals surface area contributed by atoms with Crippen LogP contribution < -0.4 is 104 Å². The van der Waals surface area contributed by atoms with Crippen molar-refractivity contribution in [3.8, 4) is 0 Å². The lowest BCUT2D eigenvalue weighted by molar-refractivity contribution is -0.148. The number of nitrogens with one attached hydrogen (secondary N) is 13. The predicted octanol–water partition coefficient (Wildman–Crippen LogP) is -4.48. The SMILES string of the molecule is CC(C)C[C@H]1C(=O)N[C@@H](CCN)C(=O)N[C@@H](CCCN)C(=O)N[C@H](CCCCN)C(=O)N[C@@H](CCCN=C(N)N)C(=O)N[C@@H](Cc2c[nH]c3ccccc23)C(=O)N[C@@H](CCCN)C(=O)N[C@@H](CCN)C(=O)N[C@@H](C)C(=O)N[C@@H](CCCCN)C(=O)N2CCC[C@@H]2C(=O)N2CCC[C@H]2C(=O)N[C@@H]([C@@H](C)O)C(=O)N[C@@H](Cc2c[nH]c3ccccc23)C(=O)N1C. The van der Waals surface area contributed by atoms with Crippen LogP contribution in [0.25, 0.3) is 21.8 Å². The van der Waals surface area contributed by atoms with Crippen LogP contribution in [0.5, 0.6) is 0 Å². The molecular formula is C82H131N25O15. The Morgan fingerprint density at radius 2 is 0.811 bits per heavy atom. The zero-order valence-electron chi connectivity index (χ0n) is 70.8. The molecule has 0 radical (unpaired) electrons. The zero-order chi connectivity index (χ0) is 89.3. The normalized spacial score (nSPS) is 25.5. The van der Waals surface area contributed by atoms with Gasteiger partial charge in [0.25, 0.3) is 0 Å². The van der Waals surface area contributed by atoms with Crippen molar-refractivity contribution in [3.05, 3.63) is 72.1 Å². The number of aromatic amines is 2. The van der Waals surface area contributed by atoms with Gasteiger partial charge in [-0.05, 0) is 204 Å². The Morgan fingerprint density at radius 3 is 1.28 bits per heavy atom. The molecule has 30 N–H and O–H groups in total. The van der Waals surface area contributed by atoms with Crippen molar-refractivity contribution >= 4 is 110 Å². The number of nitrogens with two attached hydrogens (primary N) is 8. The van der Waals surface area contributed by atoms with E-state index in [0.717, 1.165) is 4.90 Å². The Balaban J connectivity index is 1.30. The first-order chi connectivity index (χ1) is 58.4. The van der Waals surface area contributed by atoms with Gasteiger partial charge in [0.2, 0.25) is 82.7 Å². The number of benzene rings is 2. The van der Waals surface area contributed by atoms with Crippen LogP contribution in [0.2, 0.25) is 0 Å². The highest BCUT2D eigenvalue weighted by Crippen LogP contribution is 2.28. The number of rotatable bonds is 29. The summed E-state index contributed by atoms with van der Waals surface area (Å²) in [5, 5.41) is 42.8. The number of carbonyl (C=O) groups is 14. The molecule has 3 aliphatic heterocycles. The first kappa shape index (κ1) is 98.2. The lowest BCUT2D eigenvalue weighted by Crippen LogP contribution is -2.62. The van der Waals surface area contributed by atoms with Crippen LogP contribution in [0.3, 0.4) is 0 Å². The second kappa shape index (κ2) is 49.3. The van der Waals surface area contributed by atoms with Gasteiger partial charge in [-0.2, -0.15) is 0 Å². The molecule has 40 nitrogen and oxygen atoms in total. The minimum absolute atomic E-state index is 0.0117. The number of amides is 14. The van der Waals surface area contributed by atoms with Crippen molar-refractivity contribution in [2.45, 2.75) is 253 Å². The minimum atomic E-state index is -1.76. The molecule has 2 aromatic carbocycles. The standard InChI is InChI=1S/C82H131N25O15/c1-46(2)41-66-77(118)100-60(31-37-88)74(115)96-56(25-14-34-85)71(112)95-55(23-10-12-32-83)70(111)97-58(27-16-38-91-82(89)90)73(114)102-62(42-49-44-92-53-21-8-6-19-51(49)53)75(116)98-57(26-15-35-86)72(113)99-59(30-36-87)69(110)94-47(3)68(109)101-61(24-11-13-33-84)80(121)107-40-18-29-65(107)81(122)106-39-17-28-64(106)76(117)104-67(48(4)108)78(119)103-63(79(120)105(66)5)43-50-45-93-54-22-9-7-20-52(50)54/h6-9,19-22,44-48,55-67,92-93,108H,10-18,23-43,83-88H2,1-5H3,(H,94,110)(H,95,112)(H,96,115)(H,97,111)(H,98,116)(H,99,113)(H,100,118)(H,101,109)(H,102,114)(H,103,119)(H,104,117)(H4,89,90,91)/t47-,48+,55+,56-,57-,58-,59-,60-,61-,62-,63-,64-,65+,66-,67-/m0/s1. The zero-order valence-corrected chi connectivity index (χ0v) is 70.8. The van der Waals surface area contributed by atoms with E-state index in [1.54, 1.807) is 74.8 Å². The highest BCUT2D eigenvalue weighted by Gasteiger charge is 2.46. The number of unbranched alkanes of at least 4 members (excludes halogenated alkanes) is 2. The molecule has 15 atom stereocenters. The van der Waals surface area contributed by atoms with Gasteiger partial charge in [0, 0.05) is 73.7 Å². The highest BCUT2D eigenvalue weighted by atomic mass is 16.3. The molecule has 14 amide bonds. The maximum Gasteiger partial charge on any atom is 0.246 e. The Hall–Kier alpha value is -10.9. The molecule has 674 valence electrons. The molecule has 0 spiro atoms. The molecule has 7 rings (SSSR count). The van der Waals surface area contributed by atoms with E-state index in [4.69, 9.17) is 45.9 Å². The number of guanidine groups is 1. The van der Waals surface area contributed by atoms with E-state index in [0.29, 0.717) is 65.0 Å². The number of aromatic nitrogens is 2. The Kier molecular flexibility index (Phi) is 39.6. The van der Waals surface area contributed by atoms with Gasteiger partial charge in [0.1, 0.15) is 84.6 Å². The molecular weight excluding hydrogens is 1580 g/mol. The number of hydrogen-bond donors (Lipinski definition) is 22. The molecule has 3 aliphatic rings. The van der Waals surface area contributed by atoms with Gasteiger partial charge < -0.3 is 134 Å². The van der Waals surface area contributed by atoms with Gasteiger partial charge in [0.05, 0.1) is 6.10 Å². The monoisotopic (exact) mass is 1710 g/mol. The van der Waals surface area contributed by atoms with Crippen molar-refractivity contribution in [1.29, 1.82) is 0 Å². The summed E-state index contributed by atoms with van der Waals surface area (Å²) in [6.07, 6.45) is 3.17. The van der Waals surface area contributed by atoms with E-state index < -0.39 is 173 Å². The molecule has 0 unspecified atom stereocenters. The highest BCUT2D eigenvalue weighted by molar-refractivity contribution is 6.02. The van der Waals surface area contributed by atoms with E-state index in [2.05, 4.69) is 73.4 Å². The Morgan fingerprint density at radius 1 is 0.418 bits per heavy atom. The Labute approximate surface area is 710 Å². The van der Waals surface area contributed by atoms with Crippen LogP contribution >= 0.6 is 0 Å². The molecule has 122 heavy (non-hydrogen) atoms. The van der Waals surface area contributed by atoms with Gasteiger partial charge in [-0.25, -0.2) is 0 Å². The average molecular weight is 1710 g/mol. The number of para-hydroxylation sites is 2. The largest absolute Gasteiger partial charge is 0.391 e. The van der Waals surface area contributed by atoms with E-state index in [1.165, 1.54) is 30.7 Å². The van der Waals surface area contributed by atoms with Crippen molar-refractivity contribution in [1.82, 2.24) is 83.2 Å². The third-order valence-electron chi connectivity index (χ3n) is 22.3. The third kappa shape index (κ3) is 28.3. The van der Waals surface area contributed by atoms with E-state index in [1.807, 2.05) is 0 Å². The van der Waals surface area contributed by atoms with Crippen molar-refractivity contribution < 1.29 is 72.2 Å². The summed E-state index contributed by atoms with van der Waals surface area (Å²) < 4.78 is 0. The quantitative estimate of drug-likeness (QED) is 0.0138. The molecule has 0 saturated carbocycles. The van der Waals surface area contributed by atoms with E-state index in [-0.39, 0.29) is 174 Å². The molecule has 2 aromatic heterocycles. The number of nitrogens with zero attached hydrogens (tertiary/aromatic N) is 4. The molecule has 0 bridgehead atoms. The first-order valence-electron chi connectivity index (χ1n) is 42.6. The van der Waals surface area contributed by atoms with E-state index in [9.17, 15) is 48.3 Å². The van der Waals surface area contributed by atoms with Gasteiger partial charge in [-0.1, -0.05) is 50.2 Å². The fraction of sp³-hybridized carbons (Fsp3) is 0.622. The number of aliphatic hydroxyl groups is 1. The summed E-state index contributed by atoms with van der Waals surface area (Å²) in [5.41, 5.74) is 49.9. The lowest BCUT2D eigenvalue weighted by Gasteiger charge is -2.34. The number of fused-ring (bicyclic) bond motifs is 4. The maximum absolute atomic E-state index is 15.5. The van der Waals surface area contributed by atoms with Gasteiger partial charge in [-0.3, -0.25) is 72.1 Å². The van der Waals surface area contributed by atoms with Crippen LogP contribution in [0.15, 0.2) is 65.9 Å². The number of likely N-dealkylation sites (N-methyl/N-ethyl adjacent to an activating group) is 1. The molecule has 0 aliphatic carbocycles. The van der Waals surface area contributed by atoms with Crippen LogP contribution in [0.4, 0.5) is 0 Å². The summed E-state index contributed by atoms with van der Waals surface area (Å²) >= 11 is 0. The summed E-state index contributed by atoms with van der Waals surface area (Å²) in [5.74, 6) is -12.3. The topological polar surface area (TPSA) is 653 Å². The smallest absolute Gasteiger partial charge is 0.246 e. The fourth-order valence-electron chi connectivity index (χ4n) is 15.5. The van der Waals surface area contributed by atoms with Crippen LogP contribution in [-0.4, -0.2) is 275 Å². The molecule has 40 heteroatoms. The average Bonchev–Trinajstić information content (AvgIpc) is 1.65. The first-order valence-corrected chi connectivity index (χ1v) is 42.6. The van der Waals surface area contributed by atoms with Crippen molar-refractivity contribution in [2.75, 3.05) is 66.0 Å². The second-order valence-electron chi connectivity index (χ2n) is 32.1. The molecule has 4 aromatic rings. The maximum atomic E-state index is 15.5. The number of aliphatic imine (C=N–C) groups is 1. The summed E-state index contributed by atoms with van der Waals surface area (Å²) in [4.78, 5) is 223. The number of hydrogen-bond acceptors (Lipinski definition) is 22. The van der Waals surface area contributed by atoms with Gasteiger partial charge in [0.15, 0.2) is 5.96 Å². The van der Waals surface area contributed by atoms with Gasteiger partial charge >= 0.3 is 0 Å². The summed E-state index contributed by atoms with van der Waals surface area (Å²) in [6.45, 7) is 6.43. The second-order valence-corrected chi connectivity index (χ2v) is 32.1. The van der Waals surface area contributed by atoms with E-state index >= 15 is 24.0 Å². The summed E-state index contributed by atoms with van der Waals surface area (Å²) in [7, 11) is 1.35. The Bertz CT molecular complexity index is 4230. The van der Waals surface area contributed by atoms with Crippen molar-refractivity contribution in [3.63, 3.8) is 0 Å². The van der Waals surface area contributed by atoms with Crippen LogP contribution in [0.1, 0.15) is 161 Å². The third-order valence-corrected chi connectivity index (χ3v) is 22.3. The molecule has 3 saturated heterocycles. The van der Waals surface area contributed by atoms with Crippen molar-refractivity contribution in [2.24, 2.45) is 56.8 Å². The molecule has 3 fully saturated rings. The number of H-pyrrole nitrogens is 2. The number of aliphatic hydroxyl groups excluding tert-OH is 1. The van der Waals surface area contributed by atoms with Crippen LogP contribution in [-0.2, 0) is 80.0 Å². The number of carbonyl (C=O) groups excluding carboxylic acids is 14. The fourth-order valence-corrected chi connectivity index (χ4v) is 15.5. The predicted molar refractivity (Wildman–Crippen MR) is 458 cm³/mol. The van der Waals surface area contributed by atoms with Gasteiger partial charge in [-0.15, -0.1) is 0 Å². The minimum Gasteiger partial charge on any atom is -0.391 e. The lowest BCUT2D eigenvalue weighted by atomic mass is 9.98. The molecule has 5 heterocycles. The summed E-state index contributed by atoms with van der Waals surface area (Å²) in [6, 6.07) is -5.59.